The topological polar surface area (TPSA) is 55.3 Å². The molecule has 1 unspecified atom stereocenters. The second-order valence-electron chi connectivity index (χ2n) is 5.95. The summed E-state index contributed by atoms with van der Waals surface area (Å²) < 4.78 is 16.3. The smallest absolute Gasteiger partial charge is 0.193 e. The molecule has 0 aliphatic carbocycles. The number of aliphatic imine (C=N–C) groups is 1. The minimum Gasteiger partial charge on any atom is -0.492 e. The van der Waals surface area contributed by atoms with Crippen molar-refractivity contribution in [2.45, 2.75) is 6.42 Å². The van der Waals surface area contributed by atoms with Crippen molar-refractivity contribution < 1.29 is 14.2 Å². The average Bonchev–Trinajstić information content (AvgIpc) is 3.07. The highest BCUT2D eigenvalue weighted by molar-refractivity contribution is 14.0. The number of hydrogen-bond acceptors (Lipinski definition) is 4. The van der Waals surface area contributed by atoms with Crippen LogP contribution < -0.4 is 10.1 Å². The van der Waals surface area contributed by atoms with Crippen LogP contribution in [0.5, 0.6) is 5.75 Å². The van der Waals surface area contributed by atoms with Crippen molar-refractivity contribution in [1.29, 1.82) is 0 Å². The van der Waals surface area contributed by atoms with Crippen LogP contribution in [0, 0.1) is 5.92 Å². The van der Waals surface area contributed by atoms with Crippen LogP contribution in [-0.4, -0.2) is 71.1 Å². The third-order valence-electron chi connectivity index (χ3n) is 4.03. The monoisotopic (exact) mass is 497 g/mol. The minimum atomic E-state index is 0. The number of hydrogen-bond donors (Lipinski definition) is 1. The Morgan fingerprint density at radius 2 is 2.19 bits per heavy atom. The largest absolute Gasteiger partial charge is 0.492 e. The van der Waals surface area contributed by atoms with Crippen LogP contribution in [0.1, 0.15) is 6.42 Å². The normalized spacial score (nSPS) is 17.1. The summed E-state index contributed by atoms with van der Waals surface area (Å²) in [6.07, 6.45) is 1.12. The van der Waals surface area contributed by atoms with Gasteiger partial charge in [0.1, 0.15) is 12.4 Å². The molecule has 148 valence electrons. The molecular formula is C18H29ClIN3O3. The van der Waals surface area contributed by atoms with Gasteiger partial charge in [-0.3, -0.25) is 4.99 Å². The first-order valence-electron chi connectivity index (χ1n) is 8.63. The van der Waals surface area contributed by atoms with Gasteiger partial charge in [-0.15, -0.1) is 24.0 Å². The van der Waals surface area contributed by atoms with Crippen molar-refractivity contribution in [3.8, 4) is 5.75 Å². The molecule has 1 aliphatic rings. The molecule has 0 aromatic heterocycles. The Hall–Kier alpha value is -0.770. The second-order valence-corrected chi connectivity index (χ2v) is 6.38. The molecule has 1 saturated heterocycles. The third-order valence-corrected chi connectivity index (χ3v) is 4.27. The molecule has 1 aliphatic heterocycles. The zero-order valence-corrected chi connectivity index (χ0v) is 18.5. The Kier molecular flexibility index (Phi) is 12.0. The van der Waals surface area contributed by atoms with E-state index in [4.69, 9.17) is 25.8 Å². The lowest BCUT2D eigenvalue weighted by atomic mass is 10.1. The molecule has 1 aromatic rings. The second kappa shape index (κ2) is 13.4. The van der Waals surface area contributed by atoms with Crippen molar-refractivity contribution >= 4 is 41.5 Å². The number of likely N-dealkylation sites (tertiary alicyclic amines) is 1. The molecule has 1 atom stereocenters. The molecular weight excluding hydrogens is 469 g/mol. The van der Waals surface area contributed by atoms with Crippen LogP contribution in [0.25, 0.3) is 0 Å². The Morgan fingerprint density at radius 1 is 1.35 bits per heavy atom. The number of halogens is 2. The van der Waals surface area contributed by atoms with E-state index < -0.39 is 0 Å². The molecule has 0 saturated carbocycles. The van der Waals surface area contributed by atoms with Crippen LogP contribution in [0.15, 0.2) is 29.3 Å². The van der Waals surface area contributed by atoms with Gasteiger partial charge in [0.2, 0.25) is 0 Å². The fourth-order valence-corrected chi connectivity index (χ4v) is 2.95. The van der Waals surface area contributed by atoms with Crippen LogP contribution in [0.2, 0.25) is 5.02 Å². The summed E-state index contributed by atoms with van der Waals surface area (Å²) >= 11 is 5.95. The number of benzene rings is 1. The molecule has 6 nitrogen and oxygen atoms in total. The highest BCUT2D eigenvalue weighted by atomic mass is 127. The Balaban J connectivity index is 0.00000338. The van der Waals surface area contributed by atoms with E-state index in [0.29, 0.717) is 37.3 Å². The Morgan fingerprint density at radius 3 is 2.92 bits per heavy atom. The lowest BCUT2D eigenvalue weighted by Gasteiger charge is -2.21. The number of nitrogens with one attached hydrogen (secondary N) is 1. The predicted octanol–water partition coefficient (Wildman–Crippen LogP) is 2.90. The zero-order chi connectivity index (χ0) is 17.9. The molecule has 2 rings (SSSR count). The van der Waals surface area contributed by atoms with Gasteiger partial charge in [-0.25, -0.2) is 0 Å². The molecule has 1 heterocycles. The molecule has 0 amide bonds. The first-order chi connectivity index (χ1) is 12.2. The van der Waals surface area contributed by atoms with E-state index in [0.717, 1.165) is 37.8 Å². The van der Waals surface area contributed by atoms with Crippen molar-refractivity contribution in [1.82, 2.24) is 10.2 Å². The van der Waals surface area contributed by atoms with Crippen molar-refractivity contribution in [3.05, 3.63) is 29.3 Å². The quantitative estimate of drug-likeness (QED) is 0.246. The van der Waals surface area contributed by atoms with Crippen molar-refractivity contribution in [2.75, 3.05) is 60.2 Å². The zero-order valence-electron chi connectivity index (χ0n) is 15.4. The molecule has 0 bridgehead atoms. The molecule has 1 aromatic carbocycles. The Bertz CT molecular complexity index is 548. The van der Waals surface area contributed by atoms with E-state index in [9.17, 15) is 0 Å². The van der Waals surface area contributed by atoms with Gasteiger partial charge >= 0.3 is 0 Å². The van der Waals surface area contributed by atoms with E-state index in [1.54, 1.807) is 7.11 Å². The van der Waals surface area contributed by atoms with Crippen molar-refractivity contribution in [3.63, 3.8) is 0 Å². The lowest BCUT2D eigenvalue weighted by molar-refractivity contribution is 0.0536. The molecule has 1 N–H and O–H groups in total. The van der Waals surface area contributed by atoms with Gasteiger partial charge in [0.15, 0.2) is 5.96 Å². The maximum atomic E-state index is 5.95. The molecule has 1 fully saturated rings. The molecule has 0 spiro atoms. The number of methoxy groups -OCH3 is 1. The fraction of sp³-hybridized carbons (Fsp3) is 0.611. The van der Waals surface area contributed by atoms with Crippen LogP contribution in [0.3, 0.4) is 0 Å². The van der Waals surface area contributed by atoms with Gasteiger partial charge < -0.3 is 24.4 Å². The van der Waals surface area contributed by atoms with Gasteiger partial charge in [0, 0.05) is 38.2 Å². The van der Waals surface area contributed by atoms with Gasteiger partial charge in [0.25, 0.3) is 0 Å². The first kappa shape index (κ1) is 23.3. The maximum Gasteiger partial charge on any atom is 0.193 e. The summed E-state index contributed by atoms with van der Waals surface area (Å²) in [5, 5.41) is 4.03. The van der Waals surface area contributed by atoms with E-state index in [-0.39, 0.29) is 24.0 Å². The van der Waals surface area contributed by atoms with Crippen molar-refractivity contribution in [2.24, 2.45) is 10.9 Å². The number of guanidine groups is 1. The minimum absolute atomic E-state index is 0. The lowest BCUT2D eigenvalue weighted by Crippen LogP contribution is -2.41. The molecule has 0 radical (unpaired) electrons. The summed E-state index contributed by atoms with van der Waals surface area (Å²) in [6.45, 7) is 5.26. The summed E-state index contributed by atoms with van der Waals surface area (Å²) in [4.78, 5) is 6.63. The van der Waals surface area contributed by atoms with Crippen LogP contribution >= 0.6 is 35.6 Å². The number of nitrogens with zero attached hydrogens (tertiary/aromatic N) is 2. The van der Waals surface area contributed by atoms with E-state index in [2.05, 4.69) is 15.2 Å². The van der Waals surface area contributed by atoms with Crippen LogP contribution in [-0.2, 0) is 9.47 Å². The Labute approximate surface area is 178 Å². The fourth-order valence-electron chi connectivity index (χ4n) is 2.77. The third kappa shape index (κ3) is 8.28. The molecule has 26 heavy (non-hydrogen) atoms. The first-order valence-corrected chi connectivity index (χ1v) is 9.01. The summed E-state index contributed by atoms with van der Waals surface area (Å²) in [5.41, 5.74) is 0. The average molecular weight is 498 g/mol. The van der Waals surface area contributed by atoms with Gasteiger partial charge in [-0.05, 0) is 24.6 Å². The van der Waals surface area contributed by atoms with Gasteiger partial charge in [0.05, 0.1) is 26.4 Å². The summed E-state index contributed by atoms with van der Waals surface area (Å²) in [6, 6.07) is 7.42. The van der Waals surface area contributed by atoms with E-state index in [1.165, 1.54) is 0 Å². The standard InChI is InChI=1S/C18H28ClN3O3.HI/c1-20-18(21-7-9-25-17-5-3-4-16(19)12-17)22-8-6-15(13-22)14-24-11-10-23-2;/h3-5,12,15H,6-11,13-14H2,1-2H3,(H,20,21);1H. The highest BCUT2D eigenvalue weighted by Crippen LogP contribution is 2.17. The summed E-state index contributed by atoms with van der Waals surface area (Å²) in [7, 11) is 3.50. The van der Waals surface area contributed by atoms with Gasteiger partial charge in [-0.2, -0.15) is 0 Å². The highest BCUT2D eigenvalue weighted by Gasteiger charge is 2.24. The van der Waals surface area contributed by atoms with E-state index in [1.807, 2.05) is 31.3 Å². The van der Waals surface area contributed by atoms with E-state index >= 15 is 0 Å². The van der Waals surface area contributed by atoms with Gasteiger partial charge in [-0.1, -0.05) is 17.7 Å². The molecule has 8 heteroatoms. The maximum absolute atomic E-state index is 5.95. The van der Waals surface area contributed by atoms with Crippen LogP contribution in [0.4, 0.5) is 0 Å². The number of ether oxygens (including phenoxy) is 3. The number of rotatable bonds is 9. The SMILES string of the molecule is CN=C(NCCOc1cccc(Cl)c1)N1CCC(COCCOC)C1.I. The predicted molar refractivity (Wildman–Crippen MR) is 116 cm³/mol. The summed E-state index contributed by atoms with van der Waals surface area (Å²) in [5.74, 6) is 2.23.